The smallest absolute Gasteiger partial charge is 0.171 e. The molecule has 0 fully saturated rings. The van der Waals surface area contributed by atoms with Crippen LogP contribution in [0.4, 0.5) is 5.69 Å². The molecule has 3 nitrogen and oxygen atoms in total. The summed E-state index contributed by atoms with van der Waals surface area (Å²) in [5.41, 5.74) is 3.26. The molecule has 0 radical (unpaired) electrons. The van der Waals surface area contributed by atoms with E-state index in [0.717, 1.165) is 17.2 Å². The molecule has 0 aliphatic heterocycles. The molecule has 0 aliphatic carbocycles. The second-order valence-corrected chi connectivity index (χ2v) is 6.11. The summed E-state index contributed by atoms with van der Waals surface area (Å²) in [6.45, 7) is 2.75. The number of benzene rings is 3. The largest absolute Gasteiger partial charge is 0.455 e. The third-order valence-electron chi connectivity index (χ3n) is 3.68. The van der Waals surface area contributed by atoms with Gasteiger partial charge in [-0.15, -0.1) is 0 Å². The summed E-state index contributed by atoms with van der Waals surface area (Å²) in [5, 5.41) is 6.99. The first-order valence-corrected chi connectivity index (χ1v) is 8.54. The SMILES string of the molecule is Cc1ccc(CNC(=S)Nc2ccccc2Oc2ccccc2)cc1. The van der Waals surface area contributed by atoms with Gasteiger partial charge in [0.15, 0.2) is 10.9 Å². The Balaban J connectivity index is 1.62. The Hall–Kier alpha value is -2.85. The van der Waals surface area contributed by atoms with Crippen LogP contribution in [-0.2, 0) is 6.54 Å². The topological polar surface area (TPSA) is 33.3 Å². The van der Waals surface area contributed by atoms with Gasteiger partial charge in [-0.3, -0.25) is 0 Å². The van der Waals surface area contributed by atoms with Gasteiger partial charge >= 0.3 is 0 Å². The van der Waals surface area contributed by atoms with E-state index >= 15 is 0 Å². The fourth-order valence-electron chi connectivity index (χ4n) is 2.33. The Kier molecular flexibility index (Phi) is 5.65. The van der Waals surface area contributed by atoms with Gasteiger partial charge in [-0.1, -0.05) is 60.2 Å². The molecule has 3 rings (SSSR count). The second kappa shape index (κ2) is 8.31. The second-order valence-electron chi connectivity index (χ2n) is 5.70. The summed E-state index contributed by atoms with van der Waals surface area (Å²) >= 11 is 5.41. The molecule has 3 aromatic rings. The molecule has 0 saturated carbocycles. The van der Waals surface area contributed by atoms with Crippen molar-refractivity contribution >= 4 is 23.0 Å². The van der Waals surface area contributed by atoms with Crippen LogP contribution >= 0.6 is 12.2 Å². The lowest BCUT2D eigenvalue weighted by Crippen LogP contribution is -2.28. The molecular formula is C21H20N2OS. The highest BCUT2D eigenvalue weighted by atomic mass is 32.1. The average Bonchev–Trinajstić information content (AvgIpc) is 2.64. The lowest BCUT2D eigenvalue weighted by Gasteiger charge is -2.14. The summed E-state index contributed by atoms with van der Waals surface area (Å²) in [5.74, 6) is 1.52. The van der Waals surface area contributed by atoms with Crippen LogP contribution in [0.25, 0.3) is 0 Å². The van der Waals surface area contributed by atoms with Crippen molar-refractivity contribution in [1.29, 1.82) is 0 Å². The quantitative estimate of drug-likeness (QED) is 0.615. The molecule has 25 heavy (non-hydrogen) atoms. The Morgan fingerprint density at radius 3 is 2.32 bits per heavy atom. The van der Waals surface area contributed by atoms with Crippen LogP contribution in [0.2, 0.25) is 0 Å². The molecule has 0 spiro atoms. The van der Waals surface area contributed by atoms with Crippen molar-refractivity contribution in [3.63, 3.8) is 0 Å². The number of hydrogen-bond acceptors (Lipinski definition) is 2. The number of para-hydroxylation sites is 3. The minimum Gasteiger partial charge on any atom is -0.455 e. The van der Waals surface area contributed by atoms with Crippen LogP contribution in [0.1, 0.15) is 11.1 Å². The van der Waals surface area contributed by atoms with E-state index in [-0.39, 0.29) is 0 Å². The van der Waals surface area contributed by atoms with Crippen molar-refractivity contribution in [3.8, 4) is 11.5 Å². The highest BCUT2D eigenvalue weighted by Crippen LogP contribution is 2.28. The Bertz CT molecular complexity index is 832. The van der Waals surface area contributed by atoms with Crippen molar-refractivity contribution in [2.75, 3.05) is 5.32 Å². The van der Waals surface area contributed by atoms with Gasteiger partial charge in [0.2, 0.25) is 0 Å². The normalized spacial score (nSPS) is 10.1. The van der Waals surface area contributed by atoms with Crippen LogP contribution in [0, 0.1) is 6.92 Å². The minimum absolute atomic E-state index is 0.560. The zero-order valence-electron chi connectivity index (χ0n) is 14.0. The zero-order chi connectivity index (χ0) is 17.5. The van der Waals surface area contributed by atoms with Crippen LogP contribution in [0.3, 0.4) is 0 Å². The van der Waals surface area contributed by atoms with Gasteiger partial charge in [0.25, 0.3) is 0 Å². The summed E-state index contributed by atoms with van der Waals surface area (Å²) in [6, 6.07) is 25.8. The maximum absolute atomic E-state index is 5.94. The molecule has 2 N–H and O–H groups in total. The predicted octanol–water partition coefficient (Wildman–Crippen LogP) is 5.27. The number of aryl methyl sites for hydroxylation is 1. The van der Waals surface area contributed by atoms with Gasteiger partial charge in [-0.25, -0.2) is 0 Å². The van der Waals surface area contributed by atoms with Crippen molar-refractivity contribution in [1.82, 2.24) is 5.32 Å². The third kappa shape index (κ3) is 5.06. The number of thiocarbonyl (C=S) groups is 1. The number of hydrogen-bond donors (Lipinski definition) is 2. The molecule has 3 aromatic carbocycles. The number of nitrogens with one attached hydrogen (secondary N) is 2. The van der Waals surface area contributed by atoms with Crippen LogP contribution in [0.5, 0.6) is 11.5 Å². The minimum atomic E-state index is 0.560. The van der Waals surface area contributed by atoms with Crippen LogP contribution < -0.4 is 15.4 Å². The molecule has 0 unspecified atom stereocenters. The van der Waals surface area contributed by atoms with E-state index < -0.39 is 0 Å². The van der Waals surface area contributed by atoms with Gasteiger partial charge in [0, 0.05) is 6.54 Å². The third-order valence-corrected chi connectivity index (χ3v) is 3.93. The van der Waals surface area contributed by atoms with Crippen molar-refractivity contribution in [2.24, 2.45) is 0 Å². The number of ether oxygens (including phenoxy) is 1. The molecule has 0 amide bonds. The highest BCUT2D eigenvalue weighted by molar-refractivity contribution is 7.80. The van der Waals surface area contributed by atoms with Gasteiger partial charge in [0.05, 0.1) is 5.69 Å². The molecule has 0 aliphatic rings. The first-order valence-electron chi connectivity index (χ1n) is 8.13. The lowest BCUT2D eigenvalue weighted by atomic mass is 10.1. The van der Waals surface area contributed by atoms with Crippen LogP contribution in [-0.4, -0.2) is 5.11 Å². The molecule has 0 atom stereocenters. The summed E-state index contributed by atoms with van der Waals surface area (Å²) in [4.78, 5) is 0. The Morgan fingerprint density at radius 2 is 1.56 bits per heavy atom. The molecule has 0 bridgehead atoms. The van der Waals surface area contributed by atoms with Crippen molar-refractivity contribution < 1.29 is 4.74 Å². The number of anilines is 1. The van der Waals surface area contributed by atoms with E-state index in [2.05, 4.69) is 41.8 Å². The Labute approximate surface area is 153 Å². The van der Waals surface area contributed by atoms with E-state index in [4.69, 9.17) is 17.0 Å². The number of rotatable bonds is 5. The molecule has 0 aromatic heterocycles. The lowest BCUT2D eigenvalue weighted by molar-refractivity contribution is 0.485. The first kappa shape index (κ1) is 17.0. The van der Waals surface area contributed by atoms with Gasteiger partial charge in [0.1, 0.15) is 5.75 Å². The molecule has 4 heteroatoms. The average molecular weight is 348 g/mol. The van der Waals surface area contributed by atoms with E-state index in [1.54, 1.807) is 0 Å². The maximum atomic E-state index is 5.94. The van der Waals surface area contributed by atoms with Crippen molar-refractivity contribution in [3.05, 3.63) is 90.0 Å². The van der Waals surface area contributed by atoms with Crippen LogP contribution in [0.15, 0.2) is 78.9 Å². The molecule has 0 heterocycles. The standard InChI is InChI=1S/C21H20N2OS/c1-16-11-13-17(14-12-16)15-22-21(25)23-19-9-5-6-10-20(19)24-18-7-3-2-4-8-18/h2-14H,15H2,1H3,(H2,22,23,25). The van der Waals surface area contributed by atoms with E-state index in [1.807, 2.05) is 54.6 Å². The Morgan fingerprint density at radius 1 is 0.880 bits per heavy atom. The van der Waals surface area contributed by atoms with Gasteiger partial charge < -0.3 is 15.4 Å². The molecule has 126 valence electrons. The van der Waals surface area contributed by atoms with E-state index in [0.29, 0.717) is 11.7 Å². The first-order chi connectivity index (χ1) is 12.2. The summed E-state index contributed by atoms with van der Waals surface area (Å²) in [6.07, 6.45) is 0. The molecular weight excluding hydrogens is 328 g/mol. The van der Waals surface area contributed by atoms with Gasteiger partial charge in [-0.2, -0.15) is 0 Å². The van der Waals surface area contributed by atoms with Crippen molar-refractivity contribution in [2.45, 2.75) is 13.5 Å². The highest BCUT2D eigenvalue weighted by Gasteiger charge is 2.06. The predicted molar refractivity (Wildman–Crippen MR) is 107 cm³/mol. The summed E-state index contributed by atoms with van der Waals surface area (Å²) < 4.78 is 5.94. The zero-order valence-corrected chi connectivity index (χ0v) is 14.8. The maximum Gasteiger partial charge on any atom is 0.171 e. The van der Waals surface area contributed by atoms with E-state index in [9.17, 15) is 0 Å². The molecule has 0 saturated heterocycles. The van der Waals surface area contributed by atoms with E-state index in [1.165, 1.54) is 11.1 Å². The summed E-state index contributed by atoms with van der Waals surface area (Å²) in [7, 11) is 0. The fourth-order valence-corrected chi connectivity index (χ4v) is 2.51. The fraction of sp³-hybridized carbons (Fsp3) is 0.0952. The van der Waals surface area contributed by atoms with Gasteiger partial charge in [-0.05, 0) is 49.0 Å². The monoisotopic (exact) mass is 348 g/mol.